The summed E-state index contributed by atoms with van der Waals surface area (Å²) in [5, 5.41) is 6.19. The van der Waals surface area contributed by atoms with Gasteiger partial charge in [0.05, 0.1) is 30.9 Å². The number of ether oxygens (including phenoxy) is 4. The number of hydrogen-bond acceptors (Lipinski definition) is 10. The summed E-state index contributed by atoms with van der Waals surface area (Å²) in [7, 11) is 0. The van der Waals surface area contributed by atoms with E-state index in [1.54, 1.807) is 45.3 Å². The normalized spacial score (nSPS) is 13.9. The predicted molar refractivity (Wildman–Crippen MR) is 195 cm³/mol. The van der Waals surface area contributed by atoms with Crippen molar-refractivity contribution in [1.29, 1.82) is 0 Å². The van der Waals surface area contributed by atoms with Gasteiger partial charge in [-0.15, -0.1) is 45.3 Å². The Balaban J connectivity index is 1.27. The van der Waals surface area contributed by atoms with Crippen molar-refractivity contribution in [1.82, 2.24) is 9.97 Å². The number of aryl methyl sites for hydroxylation is 2. The van der Waals surface area contributed by atoms with Crippen LogP contribution in [0.5, 0.6) is 23.0 Å². The Labute approximate surface area is 290 Å². The maximum Gasteiger partial charge on any atom is 0.180 e. The summed E-state index contributed by atoms with van der Waals surface area (Å²) in [4.78, 5) is 15.4. The first-order valence-corrected chi connectivity index (χ1v) is 20.9. The van der Waals surface area contributed by atoms with Crippen LogP contribution >= 0.6 is 45.3 Å². The summed E-state index contributed by atoms with van der Waals surface area (Å²) in [5.41, 5.74) is 2.34. The highest BCUT2D eigenvalue weighted by atomic mass is 32.1. The Morgan fingerprint density at radius 2 is 0.891 bits per heavy atom. The molecule has 0 atom stereocenters. The molecular weight excluding hydrogens is 653 g/mol. The number of fused-ring (bicyclic) bond motifs is 2. The molecule has 0 fully saturated rings. The number of rotatable bonds is 19. The molecule has 0 unspecified atom stereocenters. The van der Waals surface area contributed by atoms with Gasteiger partial charge in [-0.1, -0.05) is 90.9 Å². The molecule has 0 N–H and O–H groups in total. The van der Waals surface area contributed by atoms with Gasteiger partial charge in [0, 0.05) is 10.8 Å². The topological polar surface area (TPSA) is 62.7 Å². The molecule has 0 bridgehead atoms. The minimum absolute atomic E-state index is 0.588. The third kappa shape index (κ3) is 8.28. The molecule has 250 valence electrons. The van der Waals surface area contributed by atoms with E-state index in [-0.39, 0.29) is 0 Å². The largest absolute Gasteiger partial charge is 0.485 e. The summed E-state index contributed by atoms with van der Waals surface area (Å²) >= 11 is 6.95. The van der Waals surface area contributed by atoms with Gasteiger partial charge in [0.15, 0.2) is 33.0 Å². The van der Waals surface area contributed by atoms with Gasteiger partial charge in [-0.2, -0.15) is 0 Å². The van der Waals surface area contributed by atoms with Gasteiger partial charge in [-0.3, -0.25) is 0 Å². The lowest BCUT2D eigenvalue weighted by Crippen LogP contribution is -2.14. The average Bonchev–Trinajstić information content (AvgIpc) is 3.88. The molecule has 2 aliphatic rings. The maximum absolute atomic E-state index is 6.14. The van der Waals surface area contributed by atoms with E-state index in [2.05, 4.69) is 24.6 Å². The molecule has 0 radical (unpaired) electrons. The Morgan fingerprint density at radius 1 is 0.500 bits per heavy atom. The second-order valence-electron chi connectivity index (χ2n) is 12.2. The van der Waals surface area contributed by atoms with E-state index in [4.69, 9.17) is 28.9 Å². The molecule has 0 saturated heterocycles. The van der Waals surface area contributed by atoms with E-state index >= 15 is 0 Å². The second kappa shape index (κ2) is 17.3. The van der Waals surface area contributed by atoms with Gasteiger partial charge < -0.3 is 18.9 Å². The van der Waals surface area contributed by atoms with Crippen molar-refractivity contribution in [3.8, 4) is 52.5 Å². The lowest BCUT2D eigenvalue weighted by Gasteiger charge is -2.15. The highest BCUT2D eigenvalue weighted by molar-refractivity contribution is 7.28. The number of thiazole rings is 2. The zero-order valence-corrected chi connectivity index (χ0v) is 30.7. The molecule has 6 nitrogen and oxygen atoms in total. The molecule has 46 heavy (non-hydrogen) atoms. The SMILES string of the molecule is CCCCCCCCCc1nc(-c2nc(CCCCCCCCC)c(-c3scc4c3OCCO4)s2)sc1-c1scc2c1OCCO2. The van der Waals surface area contributed by atoms with E-state index in [9.17, 15) is 0 Å². The Morgan fingerprint density at radius 3 is 1.33 bits per heavy atom. The highest BCUT2D eigenvalue weighted by Gasteiger charge is 2.28. The molecule has 10 heteroatoms. The molecule has 2 aliphatic heterocycles. The molecule has 0 aliphatic carbocycles. The van der Waals surface area contributed by atoms with Crippen molar-refractivity contribution in [3.05, 3.63) is 22.1 Å². The van der Waals surface area contributed by atoms with E-state index in [0.29, 0.717) is 26.4 Å². The Kier molecular flexibility index (Phi) is 12.7. The number of unbranched alkanes of at least 4 members (excludes halogenated alkanes) is 12. The van der Waals surface area contributed by atoms with E-state index in [1.807, 2.05) is 0 Å². The van der Waals surface area contributed by atoms with Crippen molar-refractivity contribution in [3.63, 3.8) is 0 Å². The van der Waals surface area contributed by atoms with Gasteiger partial charge in [0.1, 0.15) is 26.4 Å². The van der Waals surface area contributed by atoms with Crippen LogP contribution in [0.25, 0.3) is 29.5 Å². The first kappa shape index (κ1) is 33.7. The van der Waals surface area contributed by atoms with Crippen LogP contribution < -0.4 is 18.9 Å². The smallest absolute Gasteiger partial charge is 0.180 e. The first-order valence-electron chi connectivity index (χ1n) is 17.5. The summed E-state index contributed by atoms with van der Waals surface area (Å²) in [6, 6.07) is 0. The summed E-state index contributed by atoms with van der Waals surface area (Å²) in [6.45, 7) is 6.94. The van der Waals surface area contributed by atoms with Gasteiger partial charge >= 0.3 is 0 Å². The molecule has 0 amide bonds. The maximum atomic E-state index is 6.14. The van der Waals surface area contributed by atoms with E-state index in [0.717, 1.165) is 68.5 Å². The zero-order valence-electron chi connectivity index (χ0n) is 27.5. The second-order valence-corrected chi connectivity index (χ2v) is 16.0. The van der Waals surface area contributed by atoms with Gasteiger partial charge in [0.2, 0.25) is 0 Å². The third-order valence-electron chi connectivity index (χ3n) is 8.63. The molecule has 0 spiro atoms. The lowest BCUT2D eigenvalue weighted by atomic mass is 10.1. The zero-order chi connectivity index (χ0) is 31.6. The number of hydrogen-bond donors (Lipinski definition) is 0. The minimum Gasteiger partial charge on any atom is -0.485 e. The average molecular weight is 701 g/mol. The van der Waals surface area contributed by atoms with Crippen LogP contribution in [0.15, 0.2) is 10.8 Å². The molecule has 6 rings (SSSR count). The number of thiophene rings is 2. The molecule has 0 aromatic carbocycles. The third-order valence-corrected chi connectivity index (χ3v) is 13.2. The van der Waals surface area contributed by atoms with E-state index in [1.165, 1.54) is 98.2 Å². The number of aromatic nitrogens is 2. The predicted octanol–water partition coefficient (Wildman–Crippen LogP) is 11.9. The van der Waals surface area contributed by atoms with Gasteiger partial charge in [-0.25, -0.2) is 9.97 Å². The summed E-state index contributed by atoms with van der Waals surface area (Å²) < 4.78 is 24.1. The monoisotopic (exact) mass is 700 g/mol. The van der Waals surface area contributed by atoms with Crippen molar-refractivity contribution in [2.24, 2.45) is 0 Å². The van der Waals surface area contributed by atoms with Crippen molar-refractivity contribution < 1.29 is 18.9 Å². The highest BCUT2D eigenvalue weighted by Crippen LogP contribution is 2.52. The van der Waals surface area contributed by atoms with Crippen LogP contribution in [0.2, 0.25) is 0 Å². The molecular formula is C36H48N2O4S4. The van der Waals surface area contributed by atoms with Crippen LogP contribution in [0.3, 0.4) is 0 Å². The minimum atomic E-state index is 0.588. The van der Waals surface area contributed by atoms with Crippen LogP contribution in [0.4, 0.5) is 0 Å². The van der Waals surface area contributed by atoms with Crippen molar-refractivity contribution >= 4 is 45.3 Å². The quantitative estimate of drug-likeness (QED) is 0.0907. The summed E-state index contributed by atoms with van der Waals surface area (Å²) in [6.07, 6.45) is 19.9. The lowest BCUT2D eigenvalue weighted by molar-refractivity contribution is 0.174. The fourth-order valence-corrected chi connectivity index (χ4v) is 10.6. The number of nitrogens with zero attached hydrogens (tertiary/aromatic N) is 2. The van der Waals surface area contributed by atoms with Gasteiger partial charge in [-0.05, 0) is 25.7 Å². The standard InChI is InChI=1S/C36H48N2O4S4/c1-3-5-7-9-11-13-15-17-25-31(33-29-27(23-43-33)39-19-21-41-29)45-35(37-25)36-38-26(18-16-14-12-10-8-6-4-2)32(46-36)34-30-28(24-44-34)40-20-22-42-30/h23-24H,3-22H2,1-2H3. The van der Waals surface area contributed by atoms with Crippen LogP contribution in [-0.4, -0.2) is 36.4 Å². The molecule has 6 heterocycles. The van der Waals surface area contributed by atoms with Crippen LogP contribution in [0.1, 0.15) is 115 Å². The fraction of sp³-hybridized carbons (Fsp3) is 0.611. The van der Waals surface area contributed by atoms with E-state index < -0.39 is 0 Å². The van der Waals surface area contributed by atoms with Crippen molar-refractivity contribution in [2.45, 2.75) is 117 Å². The summed E-state index contributed by atoms with van der Waals surface area (Å²) in [5.74, 6) is 3.49. The van der Waals surface area contributed by atoms with Crippen LogP contribution in [-0.2, 0) is 12.8 Å². The Bertz CT molecular complexity index is 1410. The fourth-order valence-electron chi connectivity index (χ4n) is 6.12. The molecule has 4 aromatic rings. The molecule has 4 aromatic heterocycles. The molecule has 0 saturated carbocycles. The Hall–Kier alpha value is -2.14. The van der Waals surface area contributed by atoms with Crippen LogP contribution in [0, 0.1) is 0 Å². The van der Waals surface area contributed by atoms with Gasteiger partial charge in [0.25, 0.3) is 0 Å². The first-order chi connectivity index (χ1) is 22.8. The van der Waals surface area contributed by atoms with Crippen molar-refractivity contribution in [2.75, 3.05) is 26.4 Å².